The molecular formula is C16H26N6O. The maximum absolute atomic E-state index is 12.2. The van der Waals surface area contributed by atoms with Gasteiger partial charge in [0.25, 0.3) is 0 Å². The van der Waals surface area contributed by atoms with E-state index in [9.17, 15) is 4.79 Å². The lowest BCUT2D eigenvalue weighted by atomic mass is 10.1. The van der Waals surface area contributed by atoms with Crippen molar-refractivity contribution >= 4 is 17.7 Å². The minimum absolute atomic E-state index is 0.00339. The third kappa shape index (κ3) is 2.97. The van der Waals surface area contributed by atoms with Crippen molar-refractivity contribution in [2.75, 3.05) is 36.5 Å². The Hall–Kier alpha value is -1.89. The highest BCUT2D eigenvalue weighted by Crippen LogP contribution is 2.30. The van der Waals surface area contributed by atoms with Gasteiger partial charge in [0.1, 0.15) is 11.9 Å². The van der Waals surface area contributed by atoms with Crippen molar-refractivity contribution in [2.24, 2.45) is 5.73 Å². The maximum Gasteiger partial charge on any atom is 0.242 e. The number of rotatable bonds is 3. The van der Waals surface area contributed by atoms with Crippen LogP contribution in [0.3, 0.4) is 0 Å². The number of nitrogens with zero attached hydrogens (tertiary/aromatic N) is 4. The molecule has 23 heavy (non-hydrogen) atoms. The molecule has 1 aromatic rings. The van der Waals surface area contributed by atoms with Gasteiger partial charge in [-0.3, -0.25) is 4.79 Å². The molecule has 2 saturated heterocycles. The number of aromatic nitrogens is 2. The number of anilines is 2. The third-order valence-electron chi connectivity index (χ3n) is 4.90. The normalized spacial score (nSPS) is 24.3. The number of nitrogens with one attached hydrogen (secondary N) is 1. The molecule has 1 amide bonds. The molecule has 3 heterocycles. The van der Waals surface area contributed by atoms with Crippen LogP contribution >= 0.6 is 0 Å². The number of carbonyl (C=O) groups is 1. The molecule has 0 radical (unpaired) electrons. The molecule has 2 aliphatic rings. The quantitative estimate of drug-likeness (QED) is 0.836. The molecule has 0 bridgehead atoms. The van der Waals surface area contributed by atoms with Gasteiger partial charge in [0.2, 0.25) is 11.9 Å². The predicted octanol–water partition coefficient (Wildman–Crippen LogP) is 0.346. The summed E-state index contributed by atoms with van der Waals surface area (Å²) in [5, 5.41) is 2.74. The van der Waals surface area contributed by atoms with Gasteiger partial charge in [0.05, 0.1) is 0 Å². The summed E-state index contributed by atoms with van der Waals surface area (Å²) in [5.41, 5.74) is 8.11. The number of hydrogen-bond donors (Lipinski definition) is 2. The monoisotopic (exact) mass is 318 g/mol. The average Bonchev–Trinajstić information content (AvgIpc) is 3.18. The summed E-state index contributed by atoms with van der Waals surface area (Å²) >= 11 is 0. The SMILES string of the molecule is CNC(=O)[C@@H]1C[C@@H](N)CN1c1nc(N2CCCC2)nc(C)c1C. The van der Waals surface area contributed by atoms with E-state index in [1.54, 1.807) is 7.05 Å². The Morgan fingerprint density at radius 1 is 1.26 bits per heavy atom. The van der Waals surface area contributed by atoms with Crippen molar-refractivity contribution in [1.29, 1.82) is 0 Å². The van der Waals surface area contributed by atoms with Gasteiger partial charge in [-0.15, -0.1) is 0 Å². The molecule has 3 rings (SSSR count). The van der Waals surface area contributed by atoms with Crippen molar-refractivity contribution in [2.45, 2.75) is 45.2 Å². The summed E-state index contributed by atoms with van der Waals surface area (Å²) < 4.78 is 0. The highest BCUT2D eigenvalue weighted by molar-refractivity contribution is 5.86. The first-order valence-electron chi connectivity index (χ1n) is 8.35. The fraction of sp³-hybridized carbons (Fsp3) is 0.688. The molecule has 7 heteroatoms. The summed E-state index contributed by atoms with van der Waals surface area (Å²) in [4.78, 5) is 25.9. The van der Waals surface area contributed by atoms with Crippen LogP contribution in [0.5, 0.6) is 0 Å². The maximum atomic E-state index is 12.2. The second-order valence-electron chi connectivity index (χ2n) is 6.53. The summed E-state index contributed by atoms with van der Waals surface area (Å²) in [6, 6.07) is -0.267. The van der Waals surface area contributed by atoms with E-state index in [1.165, 1.54) is 12.8 Å². The van der Waals surface area contributed by atoms with Crippen molar-refractivity contribution in [1.82, 2.24) is 15.3 Å². The molecule has 126 valence electrons. The van der Waals surface area contributed by atoms with Gasteiger partial charge >= 0.3 is 0 Å². The Morgan fingerprint density at radius 3 is 2.61 bits per heavy atom. The highest BCUT2D eigenvalue weighted by Gasteiger charge is 2.37. The third-order valence-corrected chi connectivity index (χ3v) is 4.90. The highest BCUT2D eigenvalue weighted by atomic mass is 16.2. The molecule has 0 saturated carbocycles. The Morgan fingerprint density at radius 2 is 1.96 bits per heavy atom. The first-order valence-corrected chi connectivity index (χ1v) is 8.35. The molecule has 1 aromatic heterocycles. The largest absolute Gasteiger partial charge is 0.357 e. The van der Waals surface area contributed by atoms with E-state index in [2.05, 4.69) is 15.2 Å². The van der Waals surface area contributed by atoms with Crippen LogP contribution in [0.25, 0.3) is 0 Å². The standard InChI is InChI=1S/C16H26N6O/c1-10-11(2)19-16(21-6-4-5-7-21)20-14(10)22-9-12(17)8-13(22)15(23)18-3/h12-13H,4-9,17H2,1-3H3,(H,18,23)/t12-,13+/m1/s1. The van der Waals surface area contributed by atoms with Crippen molar-refractivity contribution in [3.05, 3.63) is 11.3 Å². The van der Waals surface area contributed by atoms with E-state index in [0.29, 0.717) is 13.0 Å². The smallest absolute Gasteiger partial charge is 0.242 e. The minimum Gasteiger partial charge on any atom is -0.357 e. The number of hydrogen-bond acceptors (Lipinski definition) is 6. The van der Waals surface area contributed by atoms with Gasteiger partial charge in [-0.1, -0.05) is 0 Å². The summed E-state index contributed by atoms with van der Waals surface area (Å²) in [5.74, 6) is 1.62. The van der Waals surface area contributed by atoms with Crippen LogP contribution in [0.1, 0.15) is 30.5 Å². The van der Waals surface area contributed by atoms with Crippen LogP contribution < -0.4 is 20.9 Å². The lowest BCUT2D eigenvalue weighted by Crippen LogP contribution is -2.43. The van der Waals surface area contributed by atoms with Gasteiger partial charge in [-0.25, -0.2) is 4.98 Å². The number of amides is 1. The van der Waals surface area contributed by atoms with Crippen LogP contribution in [0, 0.1) is 13.8 Å². The van der Waals surface area contributed by atoms with E-state index >= 15 is 0 Å². The minimum atomic E-state index is -0.255. The molecule has 3 N–H and O–H groups in total. The van der Waals surface area contributed by atoms with Crippen LogP contribution in [-0.2, 0) is 4.79 Å². The lowest BCUT2D eigenvalue weighted by Gasteiger charge is -2.27. The zero-order chi connectivity index (χ0) is 16.6. The Balaban J connectivity index is 1.98. The number of carbonyl (C=O) groups excluding carboxylic acids is 1. The van der Waals surface area contributed by atoms with Crippen molar-refractivity contribution in [3.8, 4) is 0 Å². The number of nitrogens with two attached hydrogens (primary N) is 1. The molecule has 0 aliphatic carbocycles. The average molecular weight is 318 g/mol. The van der Waals surface area contributed by atoms with Gasteiger partial charge in [0, 0.05) is 44.0 Å². The van der Waals surface area contributed by atoms with E-state index in [1.807, 2.05) is 18.7 Å². The molecule has 7 nitrogen and oxygen atoms in total. The van der Waals surface area contributed by atoms with Gasteiger partial charge in [-0.05, 0) is 33.1 Å². The van der Waals surface area contributed by atoms with Crippen LogP contribution in [-0.4, -0.2) is 54.6 Å². The summed E-state index contributed by atoms with van der Waals surface area (Å²) in [6.07, 6.45) is 3.02. The first kappa shape index (κ1) is 16.0. The van der Waals surface area contributed by atoms with Gasteiger partial charge in [0.15, 0.2) is 0 Å². The van der Waals surface area contributed by atoms with Crippen LogP contribution in [0.15, 0.2) is 0 Å². The van der Waals surface area contributed by atoms with Crippen LogP contribution in [0.2, 0.25) is 0 Å². The van der Waals surface area contributed by atoms with Gasteiger partial charge in [-0.2, -0.15) is 4.98 Å². The lowest BCUT2D eigenvalue weighted by molar-refractivity contribution is -0.121. The topological polar surface area (TPSA) is 87.4 Å². The Labute approximate surface area is 137 Å². The number of aryl methyl sites for hydroxylation is 1. The van der Waals surface area contributed by atoms with Crippen molar-refractivity contribution < 1.29 is 4.79 Å². The summed E-state index contributed by atoms with van der Waals surface area (Å²) in [7, 11) is 1.66. The zero-order valence-electron chi connectivity index (χ0n) is 14.2. The van der Waals surface area contributed by atoms with Gasteiger partial charge < -0.3 is 20.9 Å². The molecule has 2 atom stereocenters. The van der Waals surface area contributed by atoms with Crippen molar-refractivity contribution in [3.63, 3.8) is 0 Å². The van der Waals surface area contributed by atoms with E-state index in [-0.39, 0.29) is 18.0 Å². The fourth-order valence-corrected chi connectivity index (χ4v) is 3.46. The van der Waals surface area contributed by atoms with Crippen LogP contribution in [0.4, 0.5) is 11.8 Å². The van der Waals surface area contributed by atoms with E-state index in [4.69, 9.17) is 10.7 Å². The van der Waals surface area contributed by atoms with E-state index < -0.39 is 0 Å². The van der Waals surface area contributed by atoms with E-state index in [0.717, 1.165) is 36.1 Å². The first-order chi connectivity index (χ1) is 11.0. The Kier molecular flexibility index (Phi) is 4.39. The fourth-order valence-electron chi connectivity index (χ4n) is 3.46. The molecule has 0 aromatic carbocycles. The predicted molar refractivity (Wildman–Crippen MR) is 90.7 cm³/mol. The molecule has 2 fully saturated rings. The molecule has 2 aliphatic heterocycles. The summed E-state index contributed by atoms with van der Waals surface area (Å²) in [6.45, 7) is 6.67. The second kappa shape index (κ2) is 6.31. The number of likely N-dealkylation sites (N-methyl/N-ethyl adjacent to an activating group) is 1. The molecular weight excluding hydrogens is 292 g/mol. The zero-order valence-corrected chi connectivity index (χ0v) is 14.2. The Bertz CT molecular complexity index is 598. The second-order valence-corrected chi connectivity index (χ2v) is 6.53. The molecule has 0 spiro atoms. The molecule has 0 unspecified atom stereocenters.